The molecule has 50 heavy (non-hydrogen) atoms. The van der Waals surface area contributed by atoms with E-state index in [0.29, 0.717) is 5.82 Å². The average Bonchev–Trinajstić information content (AvgIpc) is 3.70. The normalized spacial score (nSPS) is 11.6. The van der Waals surface area contributed by atoms with E-state index in [1.54, 1.807) is 0 Å². The summed E-state index contributed by atoms with van der Waals surface area (Å²) in [6, 6.07) is 64.2. The van der Waals surface area contributed by atoms with E-state index in [4.69, 9.17) is 9.97 Å². The van der Waals surface area contributed by atoms with Gasteiger partial charge in [0.2, 0.25) is 0 Å². The highest BCUT2D eigenvalue weighted by Crippen LogP contribution is 2.40. The van der Waals surface area contributed by atoms with E-state index in [1.165, 1.54) is 38.2 Å². The van der Waals surface area contributed by atoms with E-state index >= 15 is 0 Å². The van der Waals surface area contributed by atoms with Crippen LogP contribution in [-0.4, -0.2) is 19.1 Å². The second-order valence-electron chi connectivity index (χ2n) is 12.7. The standard InChI is InChI=1S/C46H30N4/c1-4-14-31(15-5-1)32-24-26-33(27-25-32)40-29-45(48-46(47-40)34-16-6-2-7-17-34)50-42-23-13-11-21-37(42)39-28-38-36-20-10-12-22-41(36)49(43(38)30-44(39)50)35-18-8-3-9-19-35/h1-30H. The summed E-state index contributed by atoms with van der Waals surface area (Å²) in [6.07, 6.45) is 0. The number of benzene rings is 7. The van der Waals surface area contributed by atoms with Crippen molar-refractivity contribution in [1.29, 1.82) is 0 Å². The van der Waals surface area contributed by atoms with Gasteiger partial charge in [0.05, 0.1) is 27.8 Å². The Labute approximate surface area is 289 Å². The summed E-state index contributed by atoms with van der Waals surface area (Å²) < 4.78 is 4.69. The Kier molecular flexibility index (Phi) is 6.46. The van der Waals surface area contributed by atoms with Crippen molar-refractivity contribution in [3.63, 3.8) is 0 Å². The molecule has 0 spiro atoms. The molecule has 0 aliphatic rings. The molecule has 0 N–H and O–H groups in total. The summed E-state index contributed by atoms with van der Waals surface area (Å²) in [4.78, 5) is 10.4. The van der Waals surface area contributed by atoms with Gasteiger partial charge < -0.3 is 4.57 Å². The van der Waals surface area contributed by atoms with Crippen LogP contribution in [0.15, 0.2) is 182 Å². The summed E-state index contributed by atoms with van der Waals surface area (Å²) >= 11 is 0. The first-order valence-electron chi connectivity index (χ1n) is 16.9. The molecule has 0 saturated heterocycles. The maximum Gasteiger partial charge on any atom is 0.162 e. The third kappa shape index (κ3) is 4.54. The van der Waals surface area contributed by atoms with Crippen molar-refractivity contribution in [2.45, 2.75) is 0 Å². The van der Waals surface area contributed by atoms with Crippen LogP contribution < -0.4 is 0 Å². The maximum absolute atomic E-state index is 5.29. The van der Waals surface area contributed by atoms with Gasteiger partial charge in [0.15, 0.2) is 5.82 Å². The van der Waals surface area contributed by atoms with Crippen molar-refractivity contribution in [1.82, 2.24) is 19.1 Å². The highest BCUT2D eigenvalue weighted by Gasteiger charge is 2.20. The van der Waals surface area contributed by atoms with E-state index in [0.717, 1.165) is 44.9 Å². The quantitative estimate of drug-likeness (QED) is 0.188. The van der Waals surface area contributed by atoms with Crippen molar-refractivity contribution in [2.75, 3.05) is 0 Å². The van der Waals surface area contributed by atoms with E-state index < -0.39 is 0 Å². The van der Waals surface area contributed by atoms with Gasteiger partial charge in [-0.3, -0.25) is 4.57 Å². The molecule has 7 aromatic carbocycles. The topological polar surface area (TPSA) is 35.6 Å². The minimum absolute atomic E-state index is 0.690. The van der Waals surface area contributed by atoms with Crippen LogP contribution in [0.1, 0.15) is 0 Å². The third-order valence-electron chi connectivity index (χ3n) is 9.74. The molecule has 3 heterocycles. The lowest BCUT2D eigenvalue weighted by molar-refractivity contribution is 1.05. The number of para-hydroxylation sites is 3. The number of hydrogen-bond donors (Lipinski definition) is 0. The molecule has 0 aliphatic heterocycles. The van der Waals surface area contributed by atoms with Gasteiger partial charge in [-0.1, -0.05) is 140 Å². The van der Waals surface area contributed by atoms with Crippen molar-refractivity contribution >= 4 is 43.6 Å². The molecule has 10 aromatic rings. The van der Waals surface area contributed by atoms with Crippen LogP contribution in [0.2, 0.25) is 0 Å². The SMILES string of the molecule is c1ccc(-c2ccc(-c3cc(-n4c5ccccc5c5cc6c7ccccc7n(-c7ccccc7)c6cc54)nc(-c4ccccc4)n3)cc2)cc1. The predicted molar refractivity (Wildman–Crippen MR) is 207 cm³/mol. The summed E-state index contributed by atoms with van der Waals surface area (Å²) in [6.45, 7) is 0. The number of nitrogens with zero attached hydrogens (tertiary/aromatic N) is 4. The average molecular weight is 639 g/mol. The Morgan fingerprint density at radius 1 is 0.320 bits per heavy atom. The highest BCUT2D eigenvalue weighted by molar-refractivity contribution is 6.19. The molecule has 0 saturated carbocycles. The van der Waals surface area contributed by atoms with E-state index in [-0.39, 0.29) is 0 Å². The molecule has 0 bridgehead atoms. The van der Waals surface area contributed by atoms with Crippen molar-refractivity contribution in [3.8, 4) is 45.3 Å². The third-order valence-corrected chi connectivity index (χ3v) is 9.74. The summed E-state index contributed by atoms with van der Waals surface area (Å²) in [7, 11) is 0. The fourth-order valence-electron chi connectivity index (χ4n) is 7.41. The number of fused-ring (bicyclic) bond motifs is 6. The van der Waals surface area contributed by atoms with E-state index in [9.17, 15) is 0 Å². The van der Waals surface area contributed by atoms with E-state index in [2.05, 4.69) is 167 Å². The molecule has 4 nitrogen and oxygen atoms in total. The highest BCUT2D eigenvalue weighted by atomic mass is 15.1. The second-order valence-corrected chi connectivity index (χ2v) is 12.7. The molecule has 0 aliphatic carbocycles. The Hall–Kier alpha value is -6.78. The molecule has 10 rings (SSSR count). The first-order valence-corrected chi connectivity index (χ1v) is 16.9. The molecular formula is C46H30N4. The minimum Gasteiger partial charge on any atom is -0.309 e. The molecular weight excluding hydrogens is 609 g/mol. The largest absolute Gasteiger partial charge is 0.309 e. The monoisotopic (exact) mass is 638 g/mol. The van der Waals surface area contributed by atoms with Gasteiger partial charge in [-0.2, -0.15) is 0 Å². The van der Waals surface area contributed by atoms with Crippen LogP contribution >= 0.6 is 0 Å². The van der Waals surface area contributed by atoms with Gasteiger partial charge in [0.1, 0.15) is 5.82 Å². The predicted octanol–water partition coefficient (Wildman–Crippen LogP) is 11.7. The zero-order valence-corrected chi connectivity index (χ0v) is 27.1. The minimum atomic E-state index is 0.690. The van der Waals surface area contributed by atoms with Gasteiger partial charge in [-0.15, -0.1) is 0 Å². The number of aromatic nitrogens is 4. The number of rotatable bonds is 5. The van der Waals surface area contributed by atoms with Gasteiger partial charge >= 0.3 is 0 Å². The van der Waals surface area contributed by atoms with Gasteiger partial charge in [-0.25, -0.2) is 9.97 Å². The Balaban J connectivity index is 1.25. The van der Waals surface area contributed by atoms with Crippen molar-refractivity contribution in [3.05, 3.63) is 182 Å². The van der Waals surface area contributed by atoms with Crippen molar-refractivity contribution < 1.29 is 0 Å². The van der Waals surface area contributed by atoms with Crippen LogP contribution in [0.3, 0.4) is 0 Å². The zero-order chi connectivity index (χ0) is 33.0. The van der Waals surface area contributed by atoms with Gasteiger partial charge in [0.25, 0.3) is 0 Å². The summed E-state index contributed by atoms with van der Waals surface area (Å²) in [5.74, 6) is 1.52. The number of hydrogen-bond acceptors (Lipinski definition) is 2. The van der Waals surface area contributed by atoms with Crippen LogP contribution in [0.5, 0.6) is 0 Å². The molecule has 0 fully saturated rings. The van der Waals surface area contributed by atoms with Crippen LogP contribution in [0, 0.1) is 0 Å². The molecule has 3 aromatic heterocycles. The van der Waals surface area contributed by atoms with Crippen LogP contribution in [-0.2, 0) is 0 Å². The first kappa shape index (κ1) is 28.3. The van der Waals surface area contributed by atoms with Crippen molar-refractivity contribution in [2.24, 2.45) is 0 Å². The van der Waals surface area contributed by atoms with Gasteiger partial charge in [0, 0.05) is 44.4 Å². The molecule has 234 valence electrons. The van der Waals surface area contributed by atoms with Gasteiger partial charge in [-0.05, 0) is 47.5 Å². The fourth-order valence-corrected chi connectivity index (χ4v) is 7.41. The fraction of sp³-hybridized carbons (Fsp3) is 0. The summed E-state index contributed by atoms with van der Waals surface area (Å²) in [5.41, 5.74) is 10.9. The van der Waals surface area contributed by atoms with E-state index in [1.807, 2.05) is 24.3 Å². The zero-order valence-electron chi connectivity index (χ0n) is 27.1. The maximum atomic E-state index is 5.29. The lowest BCUT2D eigenvalue weighted by Crippen LogP contribution is -2.02. The second kappa shape index (κ2) is 11.4. The molecule has 0 unspecified atom stereocenters. The Morgan fingerprint density at radius 2 is 0.820 bits per heavy atom. The molecule has 0 radical (unpaired) electrons. The lowest BCUT2D eigenvalue weighted by atomic mass is 10.0. The van der Waals surface area contributed by atoms with Crippen LogP contribution in [0.4, 0.5) is 0 Å². The summed E-state index contributed by atoms with van der Waals surface area (Å²) in [5, 5.41) is 4.85. The lowest BCUT2D eigenvalue weighted by Gasteiger charge is -2.13. The Bertz CT molecular complexity index is 2830. The smallest absolute Gasteiger partial charge is 0.162 e. The Morgan fingerprint density at radius 3 is 1.48 bits per heavy atom. The molecule has 4 heteroatoms. The van der Waals surface area contributed by atoms with Crippen LogP contribution in [0.25, 0.3) is 88.9 Å². The first-order chi connectivity index (χ1) is 24.8. The molecule has 0 atom stereocenters. The molecule has 0 amide bonds.